The molecule has 3 aromatic rings. The number of nitriles is 1. The predicted molar refractivity (Wildman–Crippen MR) is 143 cm³/mol. The van der Waals surface area contributed by atoms with Crippen LogP contribution < -0.4 is 10.1 Å². The molecule has 1 aromatic heterocycles. The van der Waals surface area contributed by atoms with E-state index in [0.717, 1.165) is 46.6 Å². The van der Waals surface area contributed by atoms with Gasteiger partial charge in [-0.25, -0.2) is 4.99 Å². The van der Waals surface area contributed by atoms with Crippen LogP contribution >= 0.6 is 11.3 Å². The van der Waals surface area contributed by atoms with Gasteiger partial charge in [0.15, 0.2) is 6.61 Å². The Balaban J connectivity index is 1.36. The third kappa shape index (κ3) is 6.17. The van der Waals surface area contributed by atoms with Gasteiger partial charge in [0.2, 0.25) is 0 Å². The Morgan fingerprint density at radius 3 is 2.57 bits per heavy atom. The van der Waals surface area contributed by atoms with E-state index in [-0.39, 0.29) is 17.9 Å². The molecule has 4 rings (SSSR count). The average molecular weight is 486 g/mol. The zero-order valence-corrected chi connectivity index (χ0v) is 21.5. The van der Waals surface area contributed by atoms with Crippen LogP contribution in [0.4, 0.5) is 10.7 Å². The van der Waals surface area contributed by atoms with Gasteiger partial charge in [-0.2, -0.15) is 5.26 Å². The van der Waals surface area contributed by atoms with Crippen LogP contribution in [-0.4, -0.2) is 18.7 Å². The Bertz CT molecular complexity index is 1260. The van der Waals surface area contributed by atoms with Crippen LogP contribution in [0.1, 0.15) is 54.3 Å². The summed E-state index contributed by atoms with van der Waals surface area (Å²) < 4.78 is 5.61. The van der Waals surface area contributed by atoms with Crippen molar-refractivity contribution in [2.75, 3.05) is 11.9 Å². The van der Waals surface area contributed by atoms with Gasteiger partial charge in [0.25, 0.3) is 5.91 Å². The van der Waals surface area contributed by atoms with E-state index < -0.39 is 0 Å². The molecule has 1 amide bonds. The number of ether oxygens (including phenoxy) is 1. The highest BCUT2D eigenvalue weighted by molar-refractivity contribution is 7.16. The summed E-state index contributed by atoms with van der Waals surface area (Å²) >= 11 is 1.65. The minimum Gasteiger partial charge on any atom is -0.484 e. The van der Waals surface area contributed by atoms with Gasteiger partial charge in [-0.05, 0) is 85.0 Å². The molecular formula is C29H31N3O2S. The highest BCUT2D eigenvalue weighted by Crippen LogP contribution is 2.44. The van der Waals surface area contributed by atoms with E-state index >= 15 is 0 Å². The number of aryl methyl sites for hydroxylation is 1. The first-order valence-electron chi connectivity index (χ1n) is 11.9. The fraction of sp³-hybridized carbons (Fsp3) is 0.345. The van der Waals surface area contributed by atoms with Crippen molar-refractivity contribution >= 4 is 34.1 Å². The van der Waals surface area contributed by atoms with Gasteiger partial charge in [-0.15, -0.1) is 11.3 Å². The maximum atomic E-state index is 12.1. The number of rotatable bonds is 6. The van der Waals surface area contributed by atoms with Gasteiger partial charge in [-0.1, -0.05) is 38.5 Å². The molecule has 0 saturated heterocycles. The van der Waals surface area contributed by atoms with E-state index in [4.69, 9.17) is 4.74 Å². The molecule has 0 fully saturated rings. The quantitative estimate of drug-likeness (QED) is 0.388. The fourth-order valence-corrected chi connectivity index (χ4v) is 5.50. The standard InChI is InChI=1S/C29H31N3O2S/c1-19-5-10-22(11-6-19)32-27(33)18-34-23-12-7-20(8-13-23)17-31-28-25(16-30)24-14-9-21(29(2,3)4)15-26(24)35-28/h5-8,10-13,17,21H,9,14-15,18H2,1-4H3,(H,32,33)/t21-/m1/s1. The molecular weight excluding hydrogens is 454 g/mol. The lowest BCUT2D eigenvalue weighted by Gasteiger charge is -2.33. The molecule has 35 heavy (non-hydrogen) atoms. The third-order valence-electron chi connectivity index (χ3n) is 6.50. The summed E-state index contributed by atoms with van der Waals surface area (Å²) in [6, 6.07) is 17.4. The van der Waals surface area contributed by atoms with Crippen molar-refractivity contribution in [3.8, 4) is 11.8 Å². The number of carbonyl (C=O) groups is 1. The molecule has 1 aliphatic rings. The largest absolute Gasteiger partial charge is 0.484 e. The summed E-state index contributed by atoms with van der Waals surface area (Å²) in [6.07, 6.45) is 4.88. The van der Waals surface area contributed by atoms with Crippen LogP contribution in [0.2, 0.25) is 0 Å². The number of amides is 1. The van der Waals surface area contributed by atoms with Crippen molar-refractivity contribution < 1.29 is 9.53 Å². The minimum atomic E-state index is -0.209. The number of carbonyl (C=O) groups excluding carboxylic acids is 1. The van der Waals surface area contributed by atoms with E-state index in [0.29, 0.717) is 11.7 Å². The van der Waals surface area contributed by atoms with E-state index in [2.05, 4.69) is 37.1 Å². The van der Waals surface area contributed by atoms with Crippen LogP contribution in [0.15, 0.2) is 53.5 Å². The summed E-state index contributed by atoms with van der Waals surface area (Å²) in [6.45, 7) is 8.82. The lowest BCUT2D eigenvalue weighted by Crippen LogP contribution is -2.26. The molecule has 0 radical (unpaired) electrons. The molecule has 0 saturated carbocycles. The van der Waals surface area contributed by atoms with Gasteiger partial charge >= 0.3 is 0 Å². The number of benzene rings is 2. The molecule has 0 spiro atoms. The number of thiophene rings is 1. The Hall–Kier alpha value is -3.43. The van der Waals surface area contributed by atoms with Crippen LogP contribution in [0.5, 0.6) is 5.75 Å². The summed E-state index contributed by atoms with van der Waals surface area (Å²) in [4.78, 5) is 18.1. The second kappa shape index (κ2) is 10.5. The van der Waals surface area contributed by atoms with Crippen LogP contribution in [0, 0.1) is 29.6 Å². The Morgan fingerprint density at radius 1 is 1.20 bits per heavy atom. The topological polar surface area (TPSA) is 74.5 Å². The smallest absolute Gasteiger partial charge is 0.262 e. The second-order valence-electron chi connectivity index (χ2n) is 10.1. The Morgan fingerprint density at radius 2 is 1.91 bits per heavy atom. The van der Waals surface area contributed by atoms with Crippen LogP contribution in [0.25, 0.3) is 0 Å². The van der Waals surface area contributed by atoms with Crippen molar-refractivity contribution in [1.82, 2.24) is 0 Å². The van der Waals surface area contributed by atoms with Crippen molar-refractivity contribution in [1.29, 1.82) is 5.26 Å². The van der Waals surface area contributed by atoms with Gasteiger partial charge in [0, 0.05) is 16.8 Å². The van der Waals surface area contributed by atoms with Gasteiger partial charge in [0.1, 0.15) is 16.8 Å². The summed E-state index contributed by atoms with van der Waals surface area (Å²) in [5, 5.41) is 13.4. The molecule has 1 aliphatic carbocycles. The van der Waals surface area contributed by atoms with E-state index in [1.807, 2.05) is 55.5 Å². The van der Waals surface area contributed by atoms with Crippen molar-refractivity contribution in [2.24, 2.45) is 16.3 Å². The molecule has 0 unspecified atom stereocenters. The molecule has 0 bridgehead atoms. The van der Waals surface area contributed by atoms with Crippen molar-refractivity contribution in [2.45, 2.75) is 47.0 Å². The van der Waals surface area contributed by atoms with Crippen LogP contribution in [-0.2, 0) is 17.6 Å². The number of fused-ring (bicyclic) bond motifs is 1. The average Bonchev–Trinajstić information content (AvgIpc) is 3.19. The zero-order valence-electron chi connectivity index (χ0n) is 20.7. The Labute approximate surface area is 211 Å². The van der Waals surface area contributed by atoms with E-state index in [1.54, 1.807) is 17.6 Å². The minimum absolute atomic E-state index is 0.0663. The summed E-state index contributed by atoms with van der Waals surface area (Å²) in [5.41, 5.74) is 4.98. The SMILES string of the molecule is Cc1ccc(NC(=O)COc2ccc(C=Nc3sc4c(c3C#N)CC[C@@H](C(C)(C)C)C4)cc2)cc1. The third-order valence-corrected chi connectivity index (χ3v) is 7.66. The molecule has 6 heteroatoms. The van der Waals surface area contributed by atoms with Crippen LogP contribution in [0.3, 0.4) is 0 Å². The number of hydrogen-bond donors (Lipinski definition) is 1. The first-order valence-corrected chi connectivity index (χ1v) is 12.7. The second-order valence-corrected chi connectivity index (χ2v) is 11.2. The summed E-state index contributed by atoms with van der Waals surface area (Å²) in [5.74, 6) is 1.03. The normalized spacial score (nSPS) is 15.5. The van der Waals surface area contributed by atoms with Gasteiger partial charge in [-0.3, -0.25) is 4.79 Å². The van der Waals surface area contributed by atoms with Crippen molar-refractivity contribution in [3.05, 3.63) is 75.7 Å². The lowest BCUT2D eigenvalue weighted by molar-refractivity contribution is -0.118. The number of aliphatic imine (C=N–C) groups is 1. The number of nitrogens with zero attached hydrogens (tertiary/aromatic N) is 2. The lowest BCUT2D eigenvalue weighted by atomic mass is 9.72. The molecule has 1 heterocycles. The number of nitrogens with one attached hydrogen (secondary N) is 1. The first-order chi connectivity index (χ1) is 16.7. The number of anilines is 1. The van der Waals surface area contributed by atoms with Gasteiger partial charge in [0.05, 0.1) is 5.56 Å². The maximum Gasteiger partial charge on any atom is 0.262 e. The van der Waals surface area contributed by atoms with E-state index in [1.165, 1.54) is 10.4 Å². The number of hydrogen-bond acceptors (Lipinski definition) is 5. The molecule has 5 nitrogen and oxygen atoms in total. The molecule has 1 atom stereocenters. The highest BCUT2D eigenvalue weighted by atomic mass is 32.1. The molecule has 2 aromatic carbocycles. The first kappa shape index (κ1) is 24.7. The predicted octanol–water partition coefficient (Wildman–Crippen LogP) is 6.85. The maximum absolute atomic E-state index is 12.1. The summed E-state index contributed by atoms with van der Waals surface area (Å²) in [7, 11) is 0. The zero-order chi connectivity index (χ0) is 25.0. The molecule has 180 valence electrons. The van der Waals surface area contributed by atoms with E-state index in [9.17, 15) is 10.1 Å². The van der Waals surface area contributed by atoms with Crippen molar-refractivity contribution in [3.63, 3.8) is 0 Å². The molecule has 1 N–H and O–H groups in total. The highest BCUT2D eigenvalue weighted by Gasteiger charge is 2.32. The van der Waals surface area contributed by atoms with Gasteiger partial charge < -0.3 is 10.1 Å². The molecule has 0 aliphatic heterocycles. The monoisotopic (exact) mass is 485 g/mol. The fourth-order valence-electron chi connectivity index (χ4n) is 4.28. The Kier molecular flexibility index (Phi) is 7.37.